The van der Waals surface area contributed by atoms with Crippen LogP contribution in [0.5, 0.6) is 11.8 Å². The Kier molecular flexibility index (Phi) is 6.73. The average Bonchev–Trinajstić information content (AvgIpc) is 3.70. The Morgan fingerprint density at radius 3 is 2.79 bits per heavy atom. The molecule has 7 nitrogen and oxygen atoms in total. The van der Waals surface area contributed by atoms with Crippen LogP contribution in [0.4, 0.5) is 19.0 Å². The number of phenols is 1. The first kappa shape index (κ1) is 29.8. The molecule has 48 heavy (non-hydrogen) atoms. The van der Waals surface area contributed by atoms with Crippen LogP contribution in [-0.2, 0) is 0 Å². The van der Waals surface area contributed by atoms with Gasteiger partial charge in [0, 0.05) is 47.6 Å². The van der Waals surface area contributed by atoms with Gasteiger partial charge in [-0.3, -0.25) is 4.90 Å². The summed E-state index contributed by atoms with van der Waals surface area (Å²) < 4.78 is 51.9. The maximum Gasteiger partial charge on any atom is 0.319 e. The van der Waals surface area contributed by atoms with Gasteiger partial charge in [0.05, 0.1) is 17.4 Å². The van der Waals surface area contributed by atoms with Gasteiger partial charge in [0.25, 0.3) is 0 Å². The fourth-order valence-electron chi connectivity index (χ4n) is 9.23. The minimum Gasteiger partial charge on any atom is -0.508 e. The molecule has 2 N–H and O–H groups in total. The van der Waals surface area contributed by atoms with Crippen molar-refractivity contribution in [2.24, 2.45) is 5.92 Å². The molecule has 5 aliphatic rings. The second-order valence-electron chi connectivity index (χ2n) is 14.5. The maximum absolute atomic E-state index is 17.0. The zero-order valence-corrected chi connectivity index (χ0v) is 26.5. The molecule has 4 aromatic rings. The van der Waals surface area contributed by atoms with Gasteiger partial charge < -0.3 is 20.1 Å². The summed E-state index contributed by atoms with van der Waals surface area (Å²) in [5.74, 6) is 2.31. The second kappa shape index (κ2) is 10.8. The molecule has 0 radical (unpaired) electrons. The highest BCUT2D eigenvalue weighted by atomic mass is 19.1. The molecule has 246 valence electrons. The van der Waals surface area contributed by atoms with Crippen LogP contribution in [0.2, 0.25) is 0 Å². The summed E-state index contributed by atoms with van der Waals surface area (Å²) in [6, 6.07) is 9.47. The molecule has 3 aromatic carbocycles. The van der Waals surface area contributed by atoms with Crippen molar-refractivity contribution in [2.45, 2.75) is 62.1 Å². The predicted molar refractivity (Wildman–Crippen MR) is 179 cm³/mol. The number of nitrogens with zero attached hydrogens (tertiary/aromatic N) is 4. The molecule has 0 amide bonds. The fraction of sp³-hybridized carbons (Fsp3) is 0.421. The van der Waals surface area contributed by atoms with Crippen LogP contribution in [0.15, 0.2) is 48.3 Å². The number of hydrogen-bond donors (Lipinski definition) is 2. The summed E-state index contributed by atoms with van der Waals surface area (Å²) in [4.78, 5) is 14.2. The van der Waals surface area contributed by atoms with Gasteiger partial charge in [0.1, 0.15) is 29.5 Å². The van der Waals surface area contributed by atoms with Crippen molar-refractivity contribution in [2.75, 3.05) is 37.7 Å². The quantitative estimate of drug-likeness (QED) is 0.228. The number of anilines is 1. The molecular formula is C38H36F3N5O2. The largest absolute Gasteiger partial charge is 0.508 e. The lowest BCUT2D eigenvalue weighted by atomic mass is 9.90. The van der Waals surface area contributed by atoms with Gasteiger partial charge in [-0.15, -0.1) is 6.42 Å². The Morgan fingerprint density at radius 2 is 1.98 bits per heavy atom. The number of terminal acetylenes is 1. The Balaban J connectivity index is 1.19. The first-order valence-electron chi connectivity index (χ1n) is 16.9. The summed E-state index contributed by atoms with van der Waals surface area (Å²) in [7, 11) is 0. The van der Waals surface area contributed by atoms with Crippen molar-refractivity contribution in [3.05, 3.63) is 65.5 Å². The first-order valence-corrected chi connectivity index (χ1v) is 16.9. The molecule has 1 saturated carbocycles. The number of benzene rings is 3. The minimum absolute atomic E-state index is 0.00491. The SMILES string of the molecule is C#Cc1c(F)ccc2cc(O)cc(-c3ccc4c(N5C[C@@H]6CC[C@](C7CC7)(C5)N6)nc(OC[C@@]56CCCN5C/C(=C/F)C6)nc4c3F)c12. The fourth-order valence-corrected chi connectivity index (χ4v) is 9.23. The van der Waals surface area contributed by atoms with Crippen molar-refractivity contribution in [1.82, 2.24) is 20.2 Å². The number of hydrogen-bond acceptors (Lipinski definition) is 7. The standard InChI is InChI=1S/C38H36F3N5O2/c1-2-27-31(40)9-4-23-14-26(47)15-30(32(23)27)28-7-8-29-34(33(28)41)42-36(48-21-37-11-3-13-46(37)18-22(16-37)17-39)43-35(29)45-19-25-10-12-38(20-45,44-25)24-5-6-24/h1,4,7-9,14-15,17,24-25,44,47H,3,5-6,10-13,16,18-21H2/b22-17+/t25-,37-,38+/m0/s1. The van der Waals surface area contributed by atoms with Gasteiger partial charge >= 0.3 is 6.01 Å². The molecular weight excluding hydrogens is 615 g/mol. The zero-order valence-electron chi connectivity index (χ0n) is 26.5. The Labute approximate surface area is 276 Å². The van der Waals surface area contributed by atoms with E-state index in [2.05, 4.69) is 26.0 Å². The molecule has 5 fully saturated rings. The number of ether oxygens (including phenoxy) is 1. The van der Waals surface area contributed by atoms with E-state index in [1.54, 1.807) is 12.1 Å². The Hall–Kier alpha value is -4.33. The highest BCUT2D eigenvalue weighted by Crippen LogP contribution is 2.49. The van der Waals surface area contributed by atoms with E-state index in [-0.39, 0.29) is 51.7 Å². The van der Waals surface area contributed by atoms with Crippen molar-refractivity contribution < 1.29 is 23.0 Å². The lowest BCUT2D eigenvalue weighted by molar-refractivity contribution is 0.108. The first-order chi connectivity index (χ1) is 23.3. The summed E-state index contributed by atoms with van der Waals surface area (Å²) in [5.41, 5.74) is 0.876. The van der Waals surface area contributed by atoms with E-state index >= 15 is 4.39 Å². The molecule has 4 saturated heterocycles. The Morgan fingerprint density at radius 1 is 1.10 bits per heavy atom. The topological polar surface area (TPSA) is 73.8 Å². The number of halogens is 3. The number of aromatic hydroxyl groups is 1. The molecule has 3 atom stereocenters. The summed E-state index contributed by atoms with van der Waals surface area (Å²) in [6.07, 6.45) is 13.5. The van der Waals surface area contributed by atoms with E-state index in [4.69, 9.17) is 16.1 Å². The van der Waals surface area contributed by atoms with Crippen molar-refractivity contribution >= 4 is 27.5 Å². The lowest BCUT2D eigenvalue weighted by Gasteiger charge is -2.42. The van der Waals surface area contributed by atoms with Gasteiger partial charge in [-0.25, -0.2) is 13.2 Å². The van der Waals surface area contributed by atoms with Crippen LogP contribution < -0.4 is 15.0 Å². The van der Waals surface area contributed by atoms with Gasteiger partial charge in [-0.1, -0.05) is 18.1 Å². The van der Waals surface area contributed by atoms with Gasteiger partial charge in [-0.05, 0) is 98.2 Å². The molecule has 10 heteroatoms. The molecule has 1 aliphatic carbocycles. The van der Waals surface area contributed by atoms with Crippen LogP contribution in [0.25, 0.3) is 32.8 Å². The third-order valence-corrected chi connectivity index (χ3v) is 11.6. The van der Waals surface area contributed by atoms with E-state index in [0.717, 1.165) is 50.9 Å². The number of nitrogens with one attached hydrogen (secondary N) is 1. The molecule has 0 spiro atoms. The van der Waals surface area contributed by atoms with Crippen LogP contribution in [0.1, 0.15) is 50.5 Å². The average molecular weight is 652 g/mol. The number of rotatable bonds is 6. The van der Waals surface area contributed by atoms with Crippen LogP contribution >= 0.6 is 0 Å². The smallest absolute Gasteiger partial charge is 0.319 e. The van der Waals surface area contributed by atoms with Gasteiger partial charge in [0.2, 0.25) is 0 Å². The second-order valence-corrected chi connectivity index (χ2v) is 14.5. The maximum atomic E-state index is 17.0. The minimum atomic E-state index is -0.640. The Bertz CT molecular complexity index is 2080. The summed E-state index contributed by atoms with van der Waals surface area (Å²) in [6.45, 7) is 3.19. The summed E-state index contributed by atoms with van der Waals surface area (Å²) >= 11 is 0. The number of aromatic nitrogens is 2. The van der Waals surface area contributed by atoms with Crippen molar-refractivity contribution in [1.29, 1.82) is 0 Å². The highest BCUT2D eigenvalue weighted by Gasteiger charge is 2.53. The van der Waals surface area contributed by atoms with Crippen molar-refractivity contribution in [3.8, 4) is 35.2 Å². The van der Waals surface area contributed by atoms with E-state index in [9.17, 15) is 13.9 Å². The molecule has 5 heterocycles. The summed E-state index contributed by atoms with van der Waals surface area (Å²) in [5, 5.41) is 15.9. The molecule has 2 bridgehead atoms. The van der Waals surface area contributed by atoms with Crippen LogP contribution in [0.3, 0.4) is 0 Å². The molecule has 0 unspecified atom stereocenters. The zero-order chi connectivity index (χ0) is 32.8. The van der Waals surface area contributed by atoms with Crippen LogP contribution in [-0.4, -0.2) is 69.9 Å². The number of piperazine rings is 1. The number of fused-ring (bicyclic) bond motifs is 5. The molecule has 9 rings (SSSR count). The van der Waals surface area contributed by atoms with E-state index < -0.39 is 11.6 Å². The normalized spacial score (nSPS) is 27.7. The molecule has 4 aliphatic heterocycles. The third-order valence-electron chi connectivity index (χ3n) is 11.6. The monoisotopic (exact) mass is 651 g/mol. The third kappa shape index (κ3) is 4.58. The predicted octanol–water partition coefficient (Wildman–Crippen LogP) is 6.61. The van der Waals surface area contributed by atoms with Crippen LogP contribution in [0, 0.1) is 29.9 Å². The van der Waals surface area contributed by atoms with E-state index in [1.165, 1.54) is 37.1 Å². The van der Waals surface area contributed by atoms with Gasteiger partial charge in [-0.2, -0.15) is 9.97 Å². The molecule has 1 aromatic heterocycles. The lowest BCUT2D eigenvalue weighted by Crippen LogP contribution is -2.61. The van der Waals surface area contributed by atoms with Gasteiger partial charge in [0.15, 0.2) is 5.82 Å². The van der Waals surface area contributed by atoms with E-state index in [1.807, 2.05) is 0 Å². The highest BCUT2D eigenvalue weighted by molar-refractivity contribution is 6.04. The van der Waals surface area contributed by atoms with Crippen molar-refractivity contribution in [3.63, 3.8) is 0 Å². The van der Waals surface area contributed by atoms with E-state index in [0.29, 0.717) is 53.2 Å². The number of phenolic OH excluding ortho intramolecular Hbond substituents is 1.